The van der Waals surface area contributed by atoms with Gasteiger partial charge in [0.2, 0.25) is 0 Å². The fourth-order valence-electron chi connectivity index (χ4n) is 0. The van der Waals surface area contributed by atoms with Gasteiger partial charge >= 0.3 is 43.8 Å². The Morgan fingerprint density at radius 2 is 2.00 bits per heavy atom. The normalized spacial score (nSPS) is 4.80. The molecule has 0 aromatic heterocycles. The molecule has 0 saturated carbocycles. The molecule has 0 atom stereocenters. The second-order valence-electron chi connectivity index (χ2n) is 0.338. The summed E-state index contributed by atoms with van der Waals surface area (Å²) in [4.78, 5) is 8.78. The quantitative estimate of drug-likeness (QED) is 0.405. The number of carboxylic acid groups (broad SMARTS) is 1. The predicted molar refractivity (Wildman–Crippen MR) is 20.2 cm³/mol. The van der Waals surface area contributed by atoms with Gasteiger partial charge in [-0.05, 0) is 0 Å². The predicted octanol–water partition coefficient (Wildman–Crippen LogP) is -0.533. The van der Waals surface area contributed by atoms with Gasteiger partial charge in [0, 0.05) is 0 Å². The molecular weight excluding hydrogens is 98.1 g/mol. The summed E-state index contributed by atoms with van der Waals surface area (Å²) >= 11 is 0. The topological polar surface area (TPSA) is 63.3 Å². The van der Waals surface area contributed by atoms with Crippen LogP contribution in [-0.2, 0) is 0 Å². The Morgan fingerprint density at radius 3 is 2.00 bits per heavy atom. The number of hydrogen-bond donors (Lipinski definition) is 2. The number of carbonyl (C=O) groups is 1. The molecular formula is CH5CaNO2. The summed E-state index contributed by atoms with van der Waals surface area (Å²) in [6.45, 7) is 0. The molecule has 3 nitrogen and oxygen atoms in total. The Balaban J connectivity index is -0.0000000150. The van der Waals surface area contributed by atoms with Crippen LogP contribution < -0.4 is 5.73 Å². The standard InChI is InChI=1S/CH3NO2.Ca.2H/c2-1(3)4;;;/h2H2,(H,3,4);;;/q;+2;2*-1. The molecule has 28 valence electrons. The first-order chi connectivity index (χ1) is 1.73. The Labute approximate surface area is 62.1 Å². The third-order valence-electron chi connectivity index (χ3n) is 0. The molecule has 0 heterocycles. The van der Waals surface area contributed by atoms with Gasteiger partial charge in [0.25, 0.3) is 0 Å². The molecule has 0 saturated heterocycles. The first-order valence-electron chi connectivity index (χ1n) is 0.716. The number of rotatable bonds is 0. The van der Waals surface area contributed by atoms with Crippen molar-refractivity contribution < 1.29 is 12.8 Å². The molecule has 0 fully saturated rings. The van der Waals surface area contributed by atoms with Crippen molar-refractivity contribution in [2.45, 2.75) is 0 Å². The van der Waals surface area contributed by atoms with Gasteiger partial charge in [-0.3, -0.25) is 0 Å². The van der Waals surface area contributed by atoms with Gasteiger partial charge in [0.15, 0.2) is 0 Å². The Kier molecular flexibility index (Phi) is 8.25. The van der Waals surface area contributed by atoms with Crippen LogP contribution in [0, 0.1) is 0 Å². The number of primary amides is 1. The average Bonchev–Trinajstić information content (AvgIpc) is 0.811. The van der Waals surface area contributed by atoms with E-state index in [1.165, 1.54) is 0 Å². The van der Waals surface area contributed by atoms with Crippen LogP contribution in [0.5, 0.6) is 0 Å². The van der Waals surface area contributed by atoms with E-state index in [0.717, 1.165) is 0 Å². The monoisotopic (exact) mass is 103 g/mol. The average molecular weight is 103 g/mol. The maximum Gasteiger partial charge on any atom is 2.00 e. The molecule has 0 aromatic carbocycles. The minimum atomic E-state index is -1.33. The van der Waals surface area contributed by atoms with Crippen molar-refractivity contribution in [3.05, 3.63) is 0 Å². The van der Waals surface area contributed by atoms with Crippen molar-refractivity contribution in [2.24, 2.45) is 5.73 Å². The molecule has 4 heteroatoms. The zero-order valence-electron chi connectivity index (χ0n) is 4.64. The van der Waals surface area contributed by atoms with E-state index >= 15 is 0 Å². The summed E-state index contributed by atoms with van der Waals surface area (Å²) in [6, 6.07) is 0. The number of hydrogen-bond acceptors (Lipinski definition) is 1. The first-order valence-corrected chi connectivity index (χ1v) is 0.716. The van der Waals surface area contributed by atoms with Crippen LogP contribution in [-0.4, -0.2) is 48.9 Å². The maximum absolute atomic E-state index is 8.78. The molecule has 0 aliphatic rings. The molecule has 0 rings (SSSR count). The van der Waals surface area contributed by atoms with Crippen LogP contribution in [0.4, 0.5) is 4.79 Å². The van der Waals surface area contributed by atoms with E-state index in [1.54, 1.807) is 0 Å². The van der Waals surface area contributed by atoms with Crippen molar-refractivity contribution in [3.63, 3.8) is 0 Å². The minimum Gasteiger partial charge on any atom is -1.00 e. The van der Waals surface area contributed by atoms with E-state index in [1.807, 2.05) is 0 Å². The third-order valence-corrected chi connectivity index (χ3v) is 0. The Morgan fingerprint density at radius 1 is 2.00 bits per heavy atom. The smallest absolute Gasteiger partial charge is 1.00 e. The van der Waals surface area contributed by atoms with Gasteiger partial charge in [-0.25, -0.2) is 4.79 Å². The molecule has 1 amide bonds. The molecule has 5 heavy (non-hydrogen) atoms. The van der Waals surface area contributed by atoms with Crippen LogP contribution in [0.3, 0.4) is 0 Å². The van der Waals surface area contributed by atoms with E-state index < -0.39 is 6.09 Å². The molecule has 0 unspecified atom stereocenters. The van der Waals surface area contributed by atoms with E-state index in [2.05, 4.69) is 5.73 Å². The second-order valence-corrected chi connectivity index (χ2v) is 0.338. The van der Waals surface area contributed by atoms with E-state index in [0.29, 0.717) is 0 Å². The Bertz CT molecular complexity index is 38.7. The van der Waals surface area contributed by atoms with Gasteiger partial charge in [-0.15, -0.1) is 0 Å². The summed E-state index contributed by atoms with van der Waals surface area (Å²) in [7, 11) is 0. The molecule has 0 aliphatic carbocycles. The maximum atomic E-state index is 8.78. The van der Waals surface area contributed by atoms with Gasteiger partial charge in [0.05, 0.1) is 0 Å². The molecule has 0 aliphatic heterocycles. The van der Waals surface area contributed by atoms with E-state index in [-0.39, 0.29) is 40.6 Å². The van der Waals surface area contributed by atoms with Gasteiger partial charge < -0.3 is 13.7 Å². The van der Waals surface area contributed by atoms with Crippen LogP contribution >= 0.6 is 0 Å². The fraction of sp³-hybridized carbons (Fsp3) is 0. The first kappa shape index (κ1) is 9.11. The van der Waals surface area contributed by atoms with Crippen LogP contribution in [0.2, 0.25) is 0 Å². The number of nitrogens with two attached hydrogens (primary N) is 1. The molecule has 0 aromatic rings. The van der Waals surface area contributed by atoms with Crippen LogP contribution in [0.1, 0.15) is 2.85 Å². The largest absolute Gasteiger partial charge is 2.00 e. The zero-order chi connectivity index (χ0) is 3.58. The van der Waals surface area contributed by atoms with Crippen molar-refractivity contribution >= 4 is 43.8 Å². The summed E-state index contributed by atoms with van der Waals surface area (Å²) in [6.07, 6.45) is -1.33. The van der Waals surface area contributed by atoms with E-state index in [9.17, 15) is 0 Å². The molecule has 3 N–H and O–H groups in total. The van der Waals surface area contributed by atoms with E-state index in [4.69, 9.17) is 9.90 Å². The Hall–Kier alpha value is 0.530. The van der Waals surface area contributed by atoms with Crippen LogP contribution in [0.25, 0.3) is 0 Å². The van der Waals surface area contributed by atoms with Crippen molar-refractivity contribution in [3.8, 4) is 0 Å². The third kappa shape index (κ3) is 103. The van der Waals surface area contributed by atoms with Crippen molar-refractivity contribution in [2.75, 3.05) is 0 Å². The van der Waals surface area contributed by atoms with Crippen LogP contribution in [0.15, 0.2) is 0 Å². The summed E-state index contributed by atoms with van der Waals surface area (Å²) in [5, 5.41) is 7.19. The summed E-state index contributed by atoms with van der Waals surface area (Å²) in [5.41, 5.74) is 4.03. The SMILES string of the molecule is NC(=O)O.[Ca+2].[H-].[H-]. The van der Waals surface area contributed by atoms with Gasteiger partial charge in [0.1, 0.15) is 0 Å². The van der Waals surface area contributed by atoms with Gasteiger partial charge in [-0.1, -0.05) is 0 Å². The molecule has 0 radical (unpaired) electrons. The molecule has 0 bridgehead atoms. The van der Waals surface area contributed by atoms with Crippen molar-refractivity contribution in [1.82, 2.24) is 0 Å². The second kappa shape index (κ2) is 4.53. The fourth-order valence-corrected chi connectivity index (χ4v) is 0. The summed E-state index contributed by atoms with van der Waals surface area (Å²) in [5.74, 6) is 0. The minimum absolute atomic E-state index is 0. The summed E-state index contributed by atoms with van der Waals surface area (Å²) < 4.78 is 0. The number of amides is 1. The molecule has 0 spiro atoms. The van der Waals surface area contributed by atoms with Gasteiger partial charge in [-0.2, -0.15) is 0 Å². The van der Waals surface area contributed by atoms with Crippen molar-refractivity contribution in [1.29, 1.82) is 0 Å². The zero-order valence-corrected chi connectivity index (χ0v) is 4.85.